The van der Waals surface area contributed by atoms with Gasteiger partial charge in [-0.05, 0) is 30.3 Å². The van der Waals surface area contributed by atoms with Crippen LogP contribution in [0.15, 0.2) is 36.4 Å². The SMILES string of the molecule is Nc1cc(Cl)cc(C(=O)Nc2cccc(Cl)c2F)c1. The van der Waals surface area contributed by atoms with Crippen LogP contribution in [-0.4, -0.2) is 5.91 Å². The van der Waals surface area contributed by atoms with E-state index in [0.717, 1.165) is 0 Å². The summed E-state index contributed by atoms with van der Waals surface area (Å²) < 4.78 is 13.6. The zero-order valence-corrected chi connectivity index (χ0v) is 11.1. The van der Waals surface area contributed by atoms with Crippen molar-refractivity contribution >= 4 is 40.5 Å². The molecule has 19 heavy (non-hydrogen) atoms. The summed E-state index contributed by atoms with van der Waals surface area (Å²) in [5.41, 5.74) is 6.17. The van der Waals surface area contributed by atoms with Crippen LogP contribution in [0, 0.1) is 5.82 Å². The van der Waals surface area contributed by atoms with Crippen molar-refractivity contribution in [1.82, 2.24) is 0 Å². The van der Waals surface area contributed by atoms with Gasteiger partial charge in [0.25, 0.3) is 5.91 Å². The van der Waals surface area contributed by atoms with Crippen molar-refractivity contribution in [3.8, 4) is 0 Å². The minimum absolute atomic E-state index is 0.00366. The topological polar surface area (TPSA) is 55.1 Å². The predicted octanol–water partition coefficient (Wildman–Crippen LogP) is 3.97. The van der Waals surface area contributed by atoms with Crippen molar-refractivity contribution in [2.24, 2.45) is 0 Å². The fourth-order valence-electron chi connectivity index (χ4n) is 1.54. The van der Waals surface area contributed by atoms with E-state index in [-0.39, 0.29) is 16.3 Å². The highest BCUT2D eigenvalue weighted by Crippen LogP contribution is 2.23. The number of amides is 1. The van der Waals surface area contributed by atoms with E-state index in [2.05, 4.69) is 5.32 Å². The van der Waals surface area contributed by atoms with Crippen LogP contribution < -0.4 is 11.1 Å². The first kappa shape index (κ1) is 13.6. The number of hydrogen-bond acceptors (Lipinski definition) is 2. The maximum atomic E-state index is 13.6. The van der Waals surface area contributed by atoms with Crippen molar-refractivity contribution in [3.05, 3.63) is 57.8 Å². The number of hydrogen-bond donors (Lipinski definition) is 2. The second-order valence-electron chi connectivity index (χ2n) is 3.83. The molecule has 0 unspecified atom stereocenters. The molecule has 3 N–H and O–H groups in total. The Hall–Kier alpha value is -1.78. The number of anilines is 2. The highest BCUT2D eigenvalue weighted by molar-refractivity contribution is 6.31. The average molecular weight is 299 g/mol. The summed E-state index contributed by atoms with van der Waals surface area (Å²) in [6.45, 7) is 0. The summed E-state index contributed by atoms with van der Waals surface area (Å²) >= 11 is 11.4. The van der Waals surface area contributed by atoms with Gasteiger partial charge in [0.1, 0.15) is 0 Å². The number of nitrogens with one attached hydrogen (secondary N) is 1. The van der Waals surface area contributed by atoms with Gasteiger partial charge in [0.05, 0.1) is 10.7 Å². The number of nitrogen functional groups attached to an aromatic ring is 1. The van der Waals surface area contributed by atoms with Crippen LogP contribution in [0.3, 0.4) is 0 Å². The molecular weight excluding hydrogens is 290 g/mol. The van der Waals surface area contributed by atoms with Crippen LogP contribution in [0.4, 0.5) is 15.8 Å². The first-order chi connectivity index (χ1) is 8.97. The van der Waals surface area contributed by atoms with Crippen molar-refractivity contribution < 1.29 is 9.18 Å². The molecule has 2 aromatic carbocycles. The lowest BCUT2D eigenvalue weighted by molar-refractivity contribution is 0.102. The van der Waals surface area contributed by atoms with E-state index in [1.807, 2.05) is 0 Å². The Bertz CT molecular complexity index is 626. The molecule has 0 aliphatic carbocycles. The van der Waals surface area contributed by atoms with Crippen molar-refractivity contribution in [2.45, 2.75) is 0 Å². The van der Waals surface area contributed by atoms with Crippen LogP contribution in [-0.2, 0) is 0 Å². The van der Waals surface area contributed by atoms with E-state index >= 15 is 0 Å². The Balaban J connectivity index is 2.28. The predicted molar refractivity (Wildman–Crippen MR) is 75.2 cm³/mol. The van der Waals surface area contributed by atoms with Crippen molar-refractivity contribution in [1.29, 1.82) is 0 Å². The maximum Gasteiger partial charge on any atom is 0.255 e. The minimum Gasteiger partial charge on any atom is -0.399 e. The molecule has 0 atom stereocenters. The van der Waals surface area contributed by atoms with Crippen molar-refractivity contribution in [3.63, 3.8) is 0 Å². The maximum absolute atomic E-state index is 13.6. The molecule has 98 valence electrons. The van der Waals surface area contributed by atoms with Gasteiger partial charge in [-0.15, -0.1) is 0 Å². The van der Waals surface area contributed by atoms with E-state index in [1.165, 1.54) is 36.4 Å². The first-order valence-corrected chi connectivity index (χ1v) is 6.04. The lowest BCUT2D eigenvalue weighted by Gasteiger charge is -2.08. The third-order valence-corrected chi connectivity index (χ3v) is 2.89. The van der Waals surface area contributed by atoms with Gasteiger partial charge in [-0.25, -0.2) is 4.39 Å². The van der Waals surface area contributed by atoms with Crippen LogP contribution in [0.2, 0.25) is 10.0 Å². The van der Waals surface area contributed by atoms with Gasteiger partial charge in [-0.1, -0.05) is 29.3 Å². The largest absolute Gasteiger partial charge is 0.399 e. The smallest absolute Gasteiger partial charge is 0.255 e. The molecule has 0 heterocycles. The van der Waals surface area contributed by atoms with E-state index in [4.69, 9.17) is 28.9 Å². The first-order valence-electron chi connectivity index (χ1n) is 5.29. The number of carbonyl (C=O) groups is 1. The van der Waals surface area contributed by atoms with E-state index in [9.17, 15) is 9.18 Å². The van der Waals surface area contributed by atoms with Gasteiger partial charge in [0.15, 0.2) is 5.82 Å². The van der Waals surface area contributed by atoms with E-state index < -0.39 is 11.7 Å². The number of benzene rings is 2. The summed E-state index contributed by atoms with van der Waals surface area (Å²) in [7, 11) is 0. The average Bonchev–Trinajstić information content (AvgIpc) is 2.33. The van der Waals surface area contributed by atoms with Gasteiger partial charge in [0.2, 0.25) is 0 Å². The number of halogens is 3. The highest BCUT2D eigenvalue weighted by atomic mass is 35.5. The van der Waals surface area contributed by atoms with Crippen LogP contribution in [0.5, 0.6) is 0 Å². The quantitative estimate of drug-likeness (QED) is 0.824. The summed E-state index contributed by atoms with van der Waals surface area (Å²) in [5, 5.41) is 2.67. The van der Waals surface area contributed by atoms with Crippen LogP contribution in [0.25, 0.3) is 0 Å². The monoisotopic (exact) mass is 298 g/mol. The molecular formula is C13H9Cl2FN2O. The summed E-state index contributed by atoms with van der Waals surface area (Å²) in [4.78, 5) is 11.9. The molecule has 3 nitrogen and oxygen atoms in total. The normalized spacial score (nSPS) is 10.3. The standard InChI is InChI=1S/C13H9Cl2FN2O/c14-8-4-7(5-9(17)6-8)13(19)18-11-3-1-2-10(15)12(11)16/h1-6H,17H2,(H,18,19). The molecule has 0 aromatic heterocycles. The minimum atomic E-state index is -0.687. The number of nitrogens with two attached hydrogens (primary N) is 1. The molecule has 0 saturated heterocycles. The van der Waals surface area contributed by atoms with Crippen LogP contribution in [0.1, 0.15) is 10.4 Å². The van der Waals surface area contributed by atoms with E-state index in [0.29, 0.717) is 10.7 Å². The van der Waals surface area contributed by atoms with Gasteiger partial charge in [0, 0.05) is 16.3 Å². The summed E-state index contributed by atoms with van der Waals surface area (Å²) in [5.74, 6) is -1.21. The molecule has 0 radical (unpaired) electrons. The number of carbonyl (C=O) groups excluding carboxylic acids is 1. The highest BCUT2D eigenvalue weighted by Gasteiger charge is 2.12. The Morgan fingerprint density at radius 3 is 2.63 bits per heavy atom. The molecule has 2 aromatic rings. The molecule has 2 rings (SSSR count). The second-order valence-corrected chi connectivity index (χ2v) is 4.67. The fraction of sp³-hybridized carbons (Fsp3) is 0. The van der Waals surface area contributed by atoms with E-state index in [1.54, 1.807) is 0 Å². The third kappa shape index (κ3) is 3.16. The van der Waals surface area contributed by atoms with Crippen molar-refractivity contribution in [2.75, 3.05) is 11.1 Å². The molecule has 6 heteroatoms. The van der Waals surface area contributed by atoms with Gasteiger partial charge in [-0.2, -0.15) is 0 Å². The molecule has 1 amide bonds. The second kappa shape index (κ2) is 5.47. The molecule has 0 spiro atoms. The van der Waals surface area contributed by atoms with Gasteiger partial charge >= 0.3 is 0 Å². The van der Waals surface area contributed by atoms with Gasteiger partial charge < -0.3 is 11.1 Å². The lowest BCUT2D eigenvalue weighted by Crippen LogP contribution is -2.13. The molecule has 0 saturated carbocycles. The van der Waals surface area contributed by atoms with Crippen LogP contribution >= 0.6 is 23.2 Å². The zero-order chi connectivity index (χ0) is 14.0. The molecule has 0 aliphatic heterocycles. The Morgan fingerprint density at radius 2 is 1.95 bits per heavy atom. The molecule has 0 fully saturated rings. The zero-order valence-electron chi connectivity index (χ0n) is 9.58. The third-order valence-electron chi connectivity index (χ3n) is 2.38. The fourth-order valence-corrected chi connectivity index (χ4v) is 1.96. The Kier molecular flexibility index (Phi) is 3.93. The lowest BCUT2D eigenvalue weighted by atomic mass is 10.2. The Morgan fingerprint density at radius 1 is 1.21 bits per heavy atom. The van der Waals surface area contributed by atoms with Gasteiger partial charge in [-0.3, -0.25) is 4.79 Å². The summed E-state index contributed by atoms with van der Waals surface area (Å²) in [6.07, 6.45) is 0. The summed E-state index contributed by atoms with van der Waals surface area (Å²) in [6, 6.07) is 8.74. The molecule has 0 aliphatic rings. The Labute approximate surface area is 119 Å². The number of rotatable bonds is 2. The molecule has 0 bridgehead atoms.